The Hall–Kier alpha value is -1.88. The van der Waals surface area contributed by atoms with Gasteiger partial charge in [-0.05, 0) is 12.1 Å². The Morgan fingerprint density at radius 2 is 1.54 bits per heavy atom. The van der Waals surface area contributed by atoms with Crippen LogP contribution in [0.2, 0.25) is 0 Å². The van der Waals surface area contributed by atoms with Gasteiger partial charge in [-0.1, -0.05) is 18.2 Å². The van der Waals surface area contributed by atoms with Crippen molar-refractivity contribution in [2.45, 2.75) is 0 Å². The Balaban J connectivity index is 2.30. The summed E-state index contributed by atoms with van der Waals surface area (Å²) in [6, 6.07) is 6.96. The van der Waals surface area contributed by atoms with Crippen LogP contribution in [-0.2, 0) is 0 Å². The minimum Gasteiger partial charge on any atom is -0.276 e. The molecule has 13 heavy (non-hydrogen) atoms. The number of nitrogens with zero attached hydrogens (tertiary/aromatic N) is 2. The van der Waals surface area contributed by atoms with Crippen LogP contribution >= 0.6 is 0 Å². The molecule has 1 aliphatic rings. The summed E-state index contributed by atoms with van der Waals surface area (Å²) in [5.74, 6) is 0. The monoisotopic (exact) mass is 178 g/mol. The molecule has 0 aliphatic carbocycles. The van der Waals surface area contributed by atoms with Crippen molar-refractivity contribution >= 4 is 17.7 Å². The molecule has 4 amide bonds. The number of hydroxylamine groups is 2. The molecule has 1 aromatic carbocycles. The maximum atomic E-state index is 11.0. The summed E-state index contributed by atoms with van der Waals surface area (Å²) in [5.41, 5.74) is 0.461. The topological polar surface area (TPSA) is 60.9 Å². The highest BCUT2D eigenvalue weighted by Gasteiger charge is 2.44. The number of benzene rings is 1. The van der Waals surface area contributed by atoms with E-state index in [0.717, 1.165) is 4.90 Å². The lowest BCUT2D eigenvalue weighted by atomic mass is 10.3. The van der Waals surface area contributed by atoms with Crippen molar-refractivity contribution in [2.24, 2.45) is 0 Å². The molecule has 2 rings (SSSR count). The lowest BCUT2D eigenvalue weighted by Crippen LogP contribution is -2.62. The van der Waals surface area contributed by atoms with Crippen LogP contribution in [0.1, 0.15) is 0 Å². The summed E-state index contributed by atoms with van der Waals surface area (Å²) in [6.07, 6.45) is 0. The SMILES string of the molecule is O=C1N(O)C(=O)N1c1ccccc1. The van der Waals surface area contributed by atoms with Crippen molar-refractivity contribution in [3.05, 3.63) is 30.3 Å². The van der Waals surface area contributed by atoms with Crippen LogP contribution in [0.3, 0.4) is 0 Å². The van der Waals surface area contributed by atoms with Gasteiger partial charge in [-0.25, -0.2) is 14.5 Å². The summed E-state index contributed by atoms with van der Waals surface area (Å²) >= 11 is 0. The lowest BCUT2D eigenvalue weighted by Gasteiger charge is -2.33. The van der Waals surface area contributed by atoms with Crippen LogP contribution < -0.4 is 4.90 Å². The van der Waals surface area contributed by atoms with Crippen LogP contribution in [0.25, 0.3) is 0 Å². The van der Waals surface area contributed by atoms with Crippen LogP contribution in [0, 0.1) is 0 Å². The zero-order chi connectivity index (χ0) is 9.42. The van der Waals surface area contributed by atoms with Crippen LogP contribution in [0.15, 0.2) is 30.3 Å². The number of carbonyl (C=O) groups excluding carboxylic acids is 2. The molecular weight excluding hydrogens is 172 g/mol. The van der Waals surface area contributed by atoms with Gasteiger partial charge in [-0.15, -0.1) is 5.06 Å². The van der Waals surface area contributed by atoms with Crippen LogP contribution in [0.4, 0.5) is 15.3 Å². The average Bonchev–Trinajstić information content (AvgIpc) is 2.19. The number of urea groups is 2. The molecule has 1 N–H and O–H groups in total. The second kappa shape index (κ2) is 2.56. The zero-order valence-corrected chi connectivity index (χ0v) is 6.54. The molecule has 0 saturated carbocycles. The van der Waals surface area contributed by atoms with Gasteiger partial charge in [0.25, 0.3) is 0 Å². The summed E-state index contributed by atoms with van der Waals surface area (Å²) < 4.78 is 0. The molecule has 0 unspecified atom stereocenters. The van der Waals surface area contributed by atoms with Gasteiger partial charge < -0.3 is 0 Å². The first-order valence-electron chi connectivity index (χ1n) is 3.64. The fourth-order valence-corrected chi connectivity index (χ4v) is 1.11. The van der Waals surface area contributed by atoms with Crippen molar-refractivity contribution in [3.8, 4) is 0 Å². The number of para-hydroxylation sites is 1. The molecule has 5 heteroatoms. The Bertz CT molecular complexity index is 347. The predicted octanol–water partition coefficient (Wildman–Crippen LogP) is 1.44. The van der Waals surface area contributed by atoms with Crippen LogP contribution in [0.5, 0.6) is 0 Å². The fraction of sp³-hybridized carbons (Fsp3) is 0. The molecule has 0 spiro atoms. The molecule has 0 bridgehead atoms. The summed E-state index contributed by atoms with van der Waals surface area (Å²) in [7, 11) is 0. The summed E-state index contributed by atoms with van der Waals surface area (Å²) in [6.45, 7) is 0. The molecule has 0 atom stereocenters. The number of rotatable bonds is 1. The minimum absolute atomic E-state index is 0.0764. The molecule has 1 heterocycles. The first kappa shape index (κ1) is 7.75. The van der Waals surface area contributed by atoms with E-state index in [2.05, 4.69) is 0 Å². The van der Waals surface area contributed by atoms with Gasteiger partial charge in [0.15, 0.2) is 0 Å². The molecule has 1 saturated heterocycles. The van der Waals surface area contributed by atoms with E-state index in [1.54, 1.807) is 30.3 Å². The van der Waals surface area contributed by atoms with Crippen molar-refractivity contribution < 1.29 is 14.8 Å². The average molecular weight is 178 g/mol. The zero-order valence-electron chi connectivity index (χ0n) is 6.54. The van der Waals surface area contributed by atoms with Gasteiger partial charge in [0.2, 0.25) is 0 Å². The van der Waals surface area contributed by atoms with Gasteiger partial charge >= 0.3 is 12.1 Å². The van der Waals surface area contributed by atoms with E-state index in [1.807, 2.05) is 0 Å². The second-order valence-electron chi connectivity index (χ2n) is 2.55. The second-order valence-corrected chi connectivity index (χ2v) is 2.55. The van der Waals surface area contributed by atoms with Crippen molar-refractivity contribution in [1.29, 1.82) is 0 Å². The largest absolute Gasteiger partial charge is 0.365 e. The molecular formula is C8H6N2O3. The summed E-state index contributed by atoms with van der Waals surface area (Å²) in [4.78, 5) is 22.8. The molecule has 1 aliphatic heterocycles. The highest BCUT2D eigenvalue weighted by atomic mass is 16.6. The number of hydrogen-bond donors (Lipinski definition) is 1. The fourth-order valence-electron chi connectivity index (χ4n) is 1.11. The quantitative estimate of drug-likeness (QED) is 0.662. The van der Waals surface area contributed by atoms with Crippen molar-refractivity contribution in [3.63, 3.8) is 0 Å². The Morgan fingerprint density at radius 3 is 2.08 bits per heavy atom. The highest BCUT2D eigenvalue weighted by Crippen LogP contribution is 2.22. The number of anilines is 1. The molecule has 66 valence electrons. The van der Waals surface area contributed by atoms with E-state index in [4.69, 9.17) is 5.21 Å². The maximum absolute atomic E-state index is 11.0. The number of carbonyl (C=O) groups is 2. The van der Waals surface area contributed by atoms with E-state index < -0.39 is 12.1 Å². The first-order valence-corrected chi connectivity index (χ1v) is 3.64. The Morgan fingerprint density at radius 1 is 1.00 bits per heavy atom. The molecule has 0 aromatic heterocycles. The predicted molar refractivity (Wildman–Crippen MR) is 43.3 cm³/mol. The number of amides is 4. The molecule has 0 radical (unpaired) electrons. The Kier molecular flexibility index (Phi) is 1.53. The molecule has 5 nitrogen and oxygen atoms in total. The van der Waals surface area contributed by atoms with E-state index in [-0.39, 0.29) is 5.06 Å². The summed E-state index contributed by atoms with van der Waals surface area (Å²) in [5, 5.41) is 8.79. The standard InChI is InChI=1S/C8H6N2O3/c11-7-9(8(12)10(7)13)6-4-2-1-3-5-6/h1-5,13H. The van der Waals surface area contributed by atoms with E-state index in [0.29, 0.717) is 5.69 Å². The third kappa shape index (κ3) is 0.978. The van der Waals surface area contributed by atoms with E-state index in [9.17, 15) is 9.59 Å². The maximum Gasteiger partial charge on any atom is 0.365 e. The van der Waals surface area contributed by atoms with Gasteiger partial charge in [0.1, 0.15) is 0 Å². The van der Waals surface area contributed by atoms with E-state index in [1.165, 1.54) is 0 Å². The highest BCUT2D eigenvalue weighted by molar-refractivity contribution is 6.27. The van der Waals surface area contributed by atoms with E-state index >= 15 is 0 Å². The minimum atomic E-state index is -0.726. The third-order valence-corrected chi connectivity index (χ3v) is 1.76. The first-order chi connectivity index (χ1) is 6.22. The van der Waals surface area contributed by atoms with Crippen LogP contribution in [-0.4, -0.2) is 22.3 Å². The van der Waals surface area contributed by atoms with Gasteiger partial charge in [0, 0.05) is 0 Å². The number of hydrogen-bond acceptors (Lipinski definition) is 3. The van der Waals surface area contributed by atoms with Crippen molar-refractivity contribution in [2.75, 3.05) is 4.90 Å². The molecule has 1 aromatic rings. The lowest BCUT2D eigenvalue weighted by molar-refractivity contribution is -0.0157. The smallest absolute Gasteiger partial charge is 0.276 e. The normalized spacial score (nSPS) is 16.1. The number of imide groups is 2. The van der Waals surface area contributed by atoms with Crippen molar-refractivity contribution in [1.82, 2.24) is 5.06 Å². The Labute approximate surface area is 73.7 Å². The van der Waals surface area contributed by atoms with Gasteiger partial charge in [-0.2, -0.15) is 0 Å². The van der Waals surface area contributed by atoms with Gasteiger partial charge in [0.05, 0.1) is 5.69 Å². The van der Waals surface area contributed by atoms with Gasteiger partial charge in [-0.3, -0.25) is 5.21 Å². The third-order valence-electron chi connectivity index (χ3n) is 1.76. The molecule has 1 fully saturated rings.